The second kappa shape index (κ2) is 5.83. The van der Waals surface area contributed by atoms with Crippen LogP contribution in [0.25, 0.3) is 0 Å². The molecular weight excluding hydrogens is 248 g/mol. The van der Waals surface area contributed by atoms with Crippen LogP contribution in [-0.4, -0.2) is 0 Å². The van der Waals surface area contributed by atoms with Crippen molar-refractivity contribution in [1.82, 2.24) is 0 Å². The molecule has 1 unspecified atom stereocenters. The summed E-state index contributed by atoms with van der Waals surface area (Å²) in [5.74, 6) is 1.03. The summed E-state index contributed by atoms with van der Waals surface area (Å²) >= 11 is 4.43. The van der Waals surface area contributed by atoms with Gasteiger partial charge in [0.2, 0.25) is 0 Å². The highest BCUT2D eigenvalue weighted by Crippen LogP contribution is 2.35. The third kappa shape index (κ3) is 3.03. The number of hydrogen-bond acceptors (Lipinski definition) is 1. The number of benzene rings is 2. The fraction of sp³-hybridized carbons (Fsp3) is 0.333. The van der Waals surface area contributed by atoms with Gasteiger partial charge in [-0.2, -0.15) is 0 Å². The van der Waals surface area contributed by atoms with Crippen LogP contribution in [0, 0.1) is 19.8 Å². The molecule has 0 aliphatic carbocycles. The Morgan fingerprint density at radius 2 is 1.47 bits per heavy atom. The van der Waals surface area contributed by atoms with Gasteiger partial charge in [-0.05, 0) is 54.2 Å². The quantitative estimate of drug-likeness (QED) is 0.711. The molecule has 1 heteroatoms. The van der Waals surface area contributed by atoms with Gasteiger partial charge in [-0.25, -0.2) is 0 Å². The van der Waals surface area contributed by atoms with E-state index in [2.05, 4.69) is 82.8 Å². The maximum Gasteiger partial charge on any atom is 0.0118 e. The minimum Gasteiger partial charge on any atom is -0.143 e. The van der Waals surface area contributed by atoms with Crippen molar-refractivity contribution in [2.45, 2.75) is 38.5 Å². The van der Waals surface area contributed by atoms with E-state index in [-0.39, 0.29) is 0 Å². The van der Waals surface area contributed by atoms with Crippen LogP contribution in [0.4, 0.5) is 0 Å². The van der Waals surface area contributed by atoms with E-state index in [1.165, 1.54) is 22.3 Å². The van der Waals surface area contributed by atoms with Crippen molar-refractivity contribution in [3.8, 4) is 0 Å². The van der Waals surface area contributed by atoms with E-state index in [9.17, 15) is 0 Å². The van der Waals surface area contributed by atoms with Gasteiger partial charge in [0.15, 0.2) is 0 Å². The molecule has 100 valence electrons. The van der Waals surface area contributed by atoms with Gasteiger partial charge in [-0.1, -0.05) is 44.2 Å². The predicted octanol–water partition coefficient (Wildman–Crippen LogP) is 5.38. The van der Waals surface area contributed by atoms with Crippen molar-refractivity contribution in [2.75, 3.05) is 0 Å². The largest absolute Gasteiger partial charge is 0.143 e. The molecule has 0 saturated carbocycles. The zero-order chi connectivity index (χ0) is 14.0. The molecule has 0 saturated heterocycles. The SMILES string of the molecule is Cc1ccccc1C(c1ccc(S)cc1C)C(C)C. The van der Waals surface area contributed by atoms with Crippen molar-refractivity contribution in [3.63, 3.8) is 0 Å². The van der Waals surface area contributed by atoms with Crippen LogP contribution in [0.5, 0.6) is 0 Å². The minimum absolute atomic E-state index is 0.454. The van der Waals surface area contributed by atoms with Gasteiger partial charge in [0.25, 0.3) is 0 Å². The Labute approximate surface area is 122 Å². The van der Waals surface area contributed by atoms with Crippen LogP contribution >= 0.6 is 12.6 Å². The third-order valence-electron chi connectivity index (χ3n) is 3.78. The monoisotopic (exact) mass is 270 g/mol. The van der Waals surface area contributed by atoms with Gasteiger partial charge < -0.3 is 0 Å². The molecule has 0 bridgehead atoms. The Morgan fingerprint density at radius 3 is 2.05 bits per heavy atom. The normalized spacial score (nSPS) is 12.7. The molecule has 0 nitrogen and oxygen atoms in total. The van der Waals surface area contributed by atoms with Gasteiger partial charge in [-0.3, -0.25) is 0 Å². The molecule has 1 atom stereocenters. The maximum absolute atomic E-state index is 4.43. The molecule has 2 rings (SSSR count). The van der Waals surface area contributed by atoms with Crippen molar-refractivity contribution in [2.24, 2.45) is 5.92 Å². The summed E-state index contributed by atoms with van der Waals surface area (Å²) in [4.78, 5) is 1.04. The van der Waals surface area contributed by atoms with Crippen molar-refractivity contribution in [1.29, 1.82) is 0 Å². The molecule has 2 aromatic carbocycles. The van der Waals surface area contributed by atoms with Crippen LogP contribution in [0.15, 0.2) is 47.4 Å². The molecule has 0 spiro atoms. The minimum atomic E-state index is 0.454. The highest BCUT2D eigenvalue weighted by Gasteiger charge is 2.21. The lowest BCUT2D eigenvalue weighted by Gasteiger charge is -2.25. The first kappa shape index (κ1) is 14.2. The second-order valence-electron chi connectivity index (χ2n) is 5.62. The van der Waals surface area contributed by atoms with E-state index in [0.717, 1.165) is 4.90 Å². The van der Waals surface area contributed by atoms with Crippen LogP contribution in [-0.2, 0) is 0 Å². The Balaban J connectivity index is 2.55. The first-order chi connectivity index (χ1) is 9.00. The molecule has 2 aromatic rings. The number of thiol groups is 1. The van der Waals surface area contributed by atoms with E-state index in [4.69, 9.17) is 0 Å². The van der Waals surface area contributed by atoms with Gasteiger partial charge in [0, 0.05) is 10.8 Å². The van der Waals surface area contributed by atoms with Crippen molar-refractivity contribution in [3.05, 3.63) is 64.7 Å². The smallest absolute Gasteiger partial charge is 0.0118 e. The second-order valence-corrected chi connectivity index (χ2v) is 6.14. The first-order valence-electron chi connectivity index (χ1n) is 6.85. The molecule has 0 amide bonds. The highest BCUT2D eigenvalue weighted by atomic mass is 32.1. The van der Waals surface area contributed by atoms with Gasteiger partial charge in [-0.15, -0.1) is 12.6 Å². The van der Waals surface area contributed by atoms with Crippen molar-refractivity contribution >= 4 is 12.6 Å². The average molecular weight is 270 g/mol. The maximum atomic E-state index is 4.43. The lowest BCUT2D eigenvalue weighted by Crippen LogP contribution is -2.11. The lowest BCUT2D eigenvalue weighted by molar-refractivity contribution is 0.559. The Morgan fingerprint density at radius 1 is 0.842 bits per heavy atom. The van der Waals surface area contributed by atoms with Gasteiger partial charge in [0.05, 0.1) is 0 Å². The summed E-state index contributed by atoms with van der Waals surface area (Å²) in [6, 6.07) is 15.2. The summed E-state index contributed by atoms with van der Waals surface area (Å²) in [5.41, 5.74) is 5.56. The fourth-order valence-electron chi connectivity index (χ4n) is 2.83. The zero-order valence-electron chi connectivity index (χ0n) is 12.1. The number of hydrogen-bond donors (Lipinski definition) is 1. The first-order valence-corrected chi connectivity index (χ1v) is 7.30. The van der Waals surface area contributed by atoms with Crippen LogP contribution < -0.4 is 0 Å². The Hall–Kier alpha value is -1.21. The van der Waals surface area contributed by atoms with E-state index >= 15 is 0 Å². The predicted molar refractivity (Wildman–Crippen MR) is 86.3 cm³/mol. The third-order valence-corrected chi connectivity index (χ3v) is 4.06. The average Bonchev–Trinajstić information content (AvgIpc) is 2.34. The summed E-state index contributed by atoms with van der Waals surface area (Å²) in [6.45, 7) is 8.98. The molecule has 0 radical (unpaired) electrons. The summed E-state index contributed by atoms with van der Waals surface area (Å²) in [7, 11) is 0. The molecule has 0 fully saturated rings. The number of aryl methyl sites for hydroxylation is 2. The fourth-order valence-corrected chi connectivity index (χ4v) is 3.10. The van der Waals surface area contributed by atoms with Gasteiger partial charge >= 0.3 is 0 Å². The molecule has 19 heavy (non-hydrogen) atoms. The molecule has 0 heterocycles. The molecular formula is C18H22S. The molecule has 0 aliphatic rings. The van der Waals surface area contributed by atoms with Crippen LogP contribution in [0.3, 0.4) is 0 Å². The van der Waals surface area contributed by atoms with Crippen molar-refractivity contribution < 1.29 is 0 Å². The van der Waals surface area contributed by atoms with E-state index in [0.29, 0.717) is 11.8 Å². The zero-order valence-corrected chi connectivity index (χ0v) is 13.0. The topological polar surface area (TPSA) is 0 Å². The molecule has 0 N–H and O–H groups in total. The molecule has 0 aromatic heterocycles. The van der Waals surface area contributed by atoms with E-state index in [1.807, 2.05) is 0 Å². The standard InChI is InChI=1S/C18H22S/c1-12(2)18(16-8-6-5-7-13(16)3)17-10-9-15(19)11-14(17)4/h5-12,18-19H,1-4H3. The van der Waals surface area contributed by atoms with Crippen LogP contribution in [0.2, 0.25) is 0 Å². The highest BCUT2D eigenvalue weighted by molar-refractivity contribution is 7.80. The summed E-state index contributed by atoms with van der Waals surface area (Å²) in [5, 5.41) is 0. The van der Waals surface area contributed by atoms with Crippen LogP contribution in [0.1, 0.15) is 42.0 Å². The van der Waals surface area contributed by atoms with E-state index in [1.54, 1.807) is 0 Å². The Bertz CT molecular complexity index is 570. The summed E-state index contributed by atoms with van der Waals surface area (Å²) in [6.07, 6.45) is 0. The van der Waals surface area contributed by atoms with Gasteiger partial charge in [0.1, 0.15) is 0 Å². The summed E-state index contributed by atoms with van der Waals surface area (Å²) < 4.78 is 0. The van der Waals surface area contributed by atoms with E-state index < -0.39 is 0 Å². The number of rotatable bonds is 3. The Kier molecular flexibility index (Phi) is 4.36. The lowest BCUT2D eigenvalue weighted by atomic mass is 9.79. The molecule has 0 aliphatic heterocycles.